The summed E-state index contributed by atoms with van der Waals surface area (Å²) in [6, 6.07) is 5.27. The Labute approximate surface area is 211 Å². The van der Waals surface area contributed by atoms with E-state index in [-0.39, 0.29) is 25.0 Å². The van der Waals surface area contributed by atoms with E-state index in [1.165, 1.54) is 4.90 Å². The van der Waals surface area contributed by atoms with Crippen LogP contribution in [0.25, 0.3) is 0 Å². The van der Waals surface area contributed by atoms with Crippen molar-refractivity contribution < 1.29 is 29.0 Å². The van der Waals surface area contributed by atoms with Gasteiger partial charge in [0.15, 0.2) is 0 Å². The lowest BCUT2D eigenvalue weighted by molar-refractivity contribution is -0.162. The fourth-order valence-electron chi connectivity index (χ4n) is 6.48. The summed E-state index contributed by atoms with van der Waals surface area (Å²) in [5.41, 5.74) is -1.61. The molecular formula is C26H35ClN2O6. The number of fused-ring (bicyclic) bond motifs is 1. The molecule has 0 radical (unpaired) electrons. The first-order chi connectivity index (χ1) is 16.7. The maximum Gasteiger partial charge on any atom is 0.312 e. The van der Waals surface area contributed by atoms with Crippen LogP contribution < -0.4 is 5.32 Å². The smallest absolute Gasteiger partial charge is 0.312 e. The Kier molecular flexibility index (Phi) is 7.19. The highest BCUT2D eigenvalue weighted by Crippen LogP contribution is 2.65. The van der Waals surface area contributed by atoms with E-state index in [2.05, 4.69) is 5.32 Å². The number of hydrogen-bond acceptors (Lipinski definition) is 6. The quantitative estimate of drug-likeness (QED) is 0.497. The van der Waals surface area contributed by atoms with Gasteiger partial charge in [-0.3, -0.25) is 14.4 Å². The summed E-state index contributed by atoms with van der Waals surface area (Å²) in [7, 11) is 0. The Balaban J connectivity index is 1.82. The van der Waals surface area contributed by atoms with Gasteiger partial charge in [0.1, 0.15) is 17.6 Å². The number of carbonyl (C=O) groups is 3. The number of hydrogen-bond donors (Lipinski definition) is 2. The third-order valence-electron chi connectivity index (χ3n) is 8.38. The molecule has 2 N–H and O–H groups in total. The van der Waals surface area contributed by atoms with Gasteiger partial charge in [0.2, 0.25) is 11.8 Å². The molecule has 3 aliphatic heterocycles. The first-order valence-electron chi connectivity index (χ1n) is 12.6. The summed E-state index contributed by atoms with van der Waals surface area (Å²) in [5, 5.41) is 13.6. The summed E-state index contributed by atoms with van der Waals surface area (Å²) in [6.07, 6.45) is 2.23. The Morgan fingerprint density at radius 2 is 2.00 bits per heavy atom. The van der Waals surface area contributed by atoms with Crippen LogP contribution in [0.1, 0.15) is 53.4 Å². The van der Waals surface area contributed by atoms with Crippen molar-refractivity contribution in [3.05, 3.63) is 29.3 Å². The molecule has 4 rings (SSSR count). The molecule has 7 atom stereocenters. The highest BCUT2D eigenvalue weighted by Gasteiger charge is 2.79. The molecule has 2 amide bonds. The average molecular weight is 507 g/mol. The topological polar surface area (TPSA) is 105 Å². The number of nitrogens with one attached hydrogen (secondary N) is 1. The van der Waals surface area contributed by atoms with E-state index in [1.54, 1.807) is 31.2 Å². The first kappa shape index (κ1) is 25.9. The van der Waals surface area contributed by atoms with E-state index in [0.29, 0.717) is 36.4 Å². The van der Waals surface area contributed by atoms with E-state index in [1.807, 2.05) is 20.8 Å². The number of amides is 2. The van der Waals surface area contributed by atoms with Gasteiger partial charge < -0.3 is 24.8 Å². The molecule has 0 aromatic heterocycles. The second kappa shape index (κ2) is 9.71. The van der Waals surface area contributed by atoms with E-state index in [0.717, 1.165) is 0 Å². The zero-order chi connectivity index (χ0) is 25.5. The van der Waals surface area contributed by atoms with Crippen LogP contribution >= 0.6 is 11.6 Å². The Morgan fingerprint density at radius 3 is 2.60 bits per heavy atom. The first-order valence-corrected chi connectivity index (χ1v) is 12.9. The highest BCUT2D eigenvalue weighted by molar-refractivity contribution is 6.33. The van der Waals surface area contributed by atoms with Gasteiger partial charge in [-0.05, 0) is 44.2 Å². The number of halogens is 1. The lowest BCUT2D eigenvalue weighted by Crippen LogP contribution is -2.57. The molecule has 9 heteroatoms. The number of para-hydroxylation sites is 1. The van der Waals surface area contributed by atoms with Crippen molar-refractivity contribution in [2.75, 3.05) is 18.5 Å². The van der Waals surface area contributed by atoms with Crippen LogP contribution in [-0.4, -0.2) is 64.3 Å². The molecule has 3 fully saturated rings. The van der Waals surface area contributed by atoms with Gasteiger partial charge in [0.25, 0.3) is 0 Å². The zero-order valence-electron chi connectivity index (χ0n) is 20.8. The predicted octanol–water partition coefficient (Wildman–Crippen LogP) is 3.40. The average Bonchev–Trinajstić information content (AvgIpc) is 3.45. The molecule has 1 aromatic rings. The number of aliphatic hydroxyl groups is 1. The van der Waals surface area contributed by atoms with Crippen LogP contribution in [0.15, 0.2) is 24.3 Å². The predicted molar refractivity (Wildman–Crippen MR) is 131 cm³/mol. The van der Waals surface area contributed by atoms with Crippen molar-refractivity contribution in [2.24, 2.45) is 17.8 Å². The van der Waals surface area contributed by atoms with Crippen LogP contribution in [0.2, 0.25) is 5.02 Å². The monoisotopic (exact) mass is 506 g/mol. The van der Waals surface area contributed by atoms with Crippen molar-refractivity contribution >= 4 is 35.1 Å². The molecule has 192 valence electrons. The second-order valence-corrected chi connectivity index (χ2v) is 10.3. The Bertz CT molecular complexity index is 1000. The Morgan fingerprint density at radius 1 is 1.29 bits per heavy atom. The Hall–Kier alpha value is -2.16. The molecule has 2 bridgehead atoms. The highest BCUT2D eigenvalue weighted by atomic mass is 35.5. The summed E-state index contributed by atoms with van der Waals surface area (Å²) in [6.45, 7) is 7.47. The molecule has 3 heterocycles. The zero-order valence-corrected chi connectivity index (χ0v) is 21.5. The van der Waals surface area contributed by atoms with Crippen molar-refractivity contribution in [1.82, 2.24) is 4.90 Å². The van der Waals surface area contributed by atoms with E-state index in [9.17, 15) is 19.5 Å². The van der Waals surface area contributed by atoms with Crippen LogP contribution in [0.5, 0.6) is 0 Å². The number of ether oxygens (including phenoxy) is 2. The van der Waals surface area contributed by atoms with Crippen LogP contribution in [0.3, 0.4) is 0 Å². The maximum atomic E-state index is 14.1. The largest absolute Gasteiger partial charge is 0.466 e. The number of likely N-dealkylation sites (tertiary alicyclic amines) is 1. The van der Waals surface area contributed by atoms with Crippen molar-refractivity contribution in [1.29, 1.82) is 0 Å². The van der Waals surface area contributed by atoms with Crippen molar-refractivity contribution in [3.8, 4) is 0 Å². The van der Waals surface area contributed by atoms with E-state index >= 15 is 0 Å². The van der Waals surface area contributed by atoms with Gasteiger partial charge in [-0.2, -0.15) is 0 Å². The van der Waals surface area contributed by atoms with E-state index < -0.39 is 47.0 Å². The number of rotatable bonds is 9. The minimum absolute atomic E-state index is 0.0758. The standard InChI is InChI=1S/C26H35ClN2O6/c1-5-15(4)18(14-30)29-21(22(31)28-17-11-9-8-10-16(17)27)26-13-12-25(6-2,35-26)20(19(26)23(29)32)24(33)34-7-3/h8-11,15,18-21,30H,5-7,12-14H2,1-4H3,(H,28,31)/t15-,18-,19-,20-,21?,25+,26?/m0/s1. The third kappa shape index (κ3) is 3.85. The van der Waals surface area contributed by atoms with Gasteiger partial charge in [0, 0.05) is 0 Å². The number of aliphatic hydroxyl groups excluding tert-OH is 1. The van der Waals surface area contributed by atoms with Gasteiger partial charge in [-0.1, -0.05) is 50.9 Å². The number of anilines is 1. The SMILES string of the molecule is CCOC(=O)[C@@H]1[C@H]2C(=O)N([C@@H](CO)[C@@H](C)CC)C(C(=O)Nc3ccccc3Cl)C23CC[C@@]1(CC)O3. The molecule has 1 spiro atoms. The van der Waals surface area contributed by atoms with Crippen LogP contribution in [-0.2, 0) is 23.9 Å². The lowest BCUT2D eigenvalue weighted by Gasteiger charge is -2.39. The van der Waals surface area contributed by atoms with Crippen LogP contribution in [0.4, 0.5) is 5.69 Å². The minimum Gasteiger partial charge on any atom is -0.466 e. The number of esters is 1. The summed E-state index contributed by atoms with van der Waals surface area (Å²) in [5.74, 6) is -2.97. The number of benzene rings is 1. The van der Waals surface area contributed by atoms with Gasteiger partial charge >= 0.3 is 5.97 Å². The molecule has 35 heavy (non-hydrogen) atoms. The summed E-state index contributed by atoms with van der Waals surface area (Å²) in [4.78, 5) is 42.7. The third-order valence-corrected chi connectivity index (χ3v) is 8.71. The van der Waals surface area contributed by atoms with Gasteiger partial charge in [-0.15, -0.1) is 0 Å². The second-order valence-electron chi connectivity index (χ2n) is 9.94. The fourth-order valence-corrected chi connectivity index (χ4v) is 6.66. The van der Waals surface area contributed by atoms with Crippen molar-refractivity contribution in [3.63, 3.8) is 0 Å². The lowest BCUT2D eigenvalue weighted by atomic mass is 9.65. The fraction of sp³-hybridized carbons (Fsp3) is 0.654. The van der Waals surface area contributed by atoms with Crippen molar-refractivity contribution in [2.45, 2.75) is 76.7 Å². The van der Waals surface area contributed by atoms with Crippen LogP contribution in [0, 0.1) is 17.8 Å². The maximum absolute atomic E-state index is 14.1. The minimum atomic E-state index is -1.18. The van der Waals surface area contributed by atoms with E-state index in [4.69, 9.17) is 21.1 Å². The molecular weight excluding hydrogens is 472 g/mol. The molecule has 3 saturated heterocycles. The number of nitrogens with zero attached hydrogens (tertiary/aromatic N) is 1. The molecule has 8 nitrogen and oxygen atoms in total. The molecule has 2 unspecified atom stereocenters. The summed E-state index contributed by atoms with van der Waals surface area (Å²) < 4.78 is 12.1. The molecule has 3 aliphatic rings. The number of carbonyl (C=O) groups excluding carboxylic acids is 3. The van der Waals surface area contributed by atoms with Gasteiger partial charge in [0.05, 0.1) is 41.5 Å². The summed E-state index contributed by atoms with van der Waals surface area (Å²) >= 11 is 6.31. The molecule has 1 aromatic carbocycles. The molecule has 0 saturated carbocycles. The normalized spacial score (nSPS) is 32.9. The molecule has 0 aliphatic carbocycles. The van der Waals surface area contributed by atoms with Gasteiger partial charge in [-0.25, -0.2) is 0 Å².